The molecule has 3 N–H and O–H groups in total. The van der Waals surface area contributed by atoms with Crippen LogP contribution in [0.25, 0.3) is 0 Å². The van der Waals surface area contributed by atoms with Crippen molar-refractivity contribution < 1.29 is 19.8 Å². The van der Waals surface area contributed by atoms with E-state index < -0.39 is 6.10 Å². The summed E-state index contributed by atoms with van der Waals surface area (Å²) in [6, 6.07) is 7.38. The van der Waals surface area contributed by atoms with Gasteiger partial charge >= 0.3 is 0 Å². The Bertz CT molecular complexity index is 406. The molecule has 1 aromatic rings. The second-order valence-electron chi connectivity index (χ2n) is 4.98. The Labute approximate surface area is 133 Å². The van der Waals surface area contributed by atoms with Crippen LogP contribution in [0.4, 0.5) is 0 Å². The fourth-order valence-corrected chi connectivity index (χ4v) is 2.10. The lowest BCUT2D eigenvalue weighted by Crippen LogP contribution is -2.18. The largest absolute Gasteiger partial charge is 0.497 e. The fraction of sp³-hybridized carbons (Fsp3) is 0.588. The average Bonchev–Trinajstić information content (AvgIpc) is 2.59. The first kappa shape index (κ1) is 20.4. The normalized spacial score (nSPS) is 12.6. The molecule has 0 radical (unpaired) electrons. The van der Waals surface area contributed by atoms with Crippen molar-refractivity contribution in [2.45, 2.75) is 52.6 Å². The molecule has 0 fully saturated rings. The van der Waals surface area contributed by atoms with E-state index in [1.165, 1.54) is 0 Å². The summed E-state index contributed by atoms with van der Waals surface area (Å²) in [5, 5.41) is 18.6. The Morgan fingerprint density at radius 1 is 1.23 bits per heavy atom. The summed E-state index contributed by atoms with van der Waals surface area (Å²) in [6.07, 6.45) is 2.15. The van der Waals surface area contributed by atoms with Crippen LogP contribution in [0.15, 0.2) is 24.3 Å². The second-order valence-corrected chi connectivity index (χ2v) is 4.98. The molecule has 0 saturated heterocycles. The van der Waals surface area contributed by atoms with Crippen LogP contribution in [0.3, 0.4) is 0 Å². The molecule has 0 aliphatic carbocycles. The van der Waals surface area contributed by atoms with Gasteiger partial charge in [-0.15, -0.1) is 0 Å². The molecule has 0 spiro atoms. The van der Waals surface area contributed by atoms with Gasteiger partial charge in [0.25, 0.3) is 0 Å². The molecular formula is C17H29NO4. The number of hydroxylamine groups is 1. The molecule has 22 heavy (non-hydrogen) atoms. The van der Waals surface area contributed by atoms with E-state index in [1.807, 2.05) is 45.0 Å². The van der Waals surface area contributed by atoms with Crippen LogP contribution in [0.5, 0.6) is 5.75 Å². The van der Waals surface area contributed by atoms with E-state index in [-0.39, 0.29) is 11.8 Å². The molecule has 0 aliphatic rings. The van der Waals surface area contributed by atoms with Gasteiger partial charge < -0.3 is 9.84 Å². The average molecular weight is 311 g/mol. The number of aliphatic hydroxyl groups is 1. The Morgan fingerprint density at radius 2 is 1.82 bits per heavy atom. The minimum Gasteiger partial charge on any atom is -0.497 e. The minimum absolute atomic E-state index is 0.112. The number of aliphatic hydroxyl groups excluding tert-OH is 1. The lowest BCUT2D eigenvalue weighted by molar-refractivity contribution is -0.129. The Morgan fingerprint density at radius 3 is 2.32 bits per heavy atom. The number of amides is 1. The van der Waals surface area contributed by atoms with Gasteiger partial charge in [0.2, 0.25) is 5.91 Å². The van der Waals surface area contributed by atoms with E-state index in [4.69, 9.17) is 9.94 Å². The number of carbonyl (C=O) groups excluding carboxylic acids is 1. The molecule has 0 aliphatic heterocycles. The highest BCUT2D eigenvalue weighted by Crippen LogP contribution is 2.27. The van der Waals surface area contributed by atoms with E-state index in [9.17, 15) is 9.90 Å². The molecule has 126 valence electrons. The van der Waals surface area contributed by atoms with Gasteiger partial charge in [0, 0.05) is 6.42 Å². The highest BCUT2D eigenvalue weighted by molar-refractivity contribution is 5.74. The lowest BCUT2D eigenvalue weighted by atomic mass is 9.92. The molecule has 1 amide bonds. The number of rotatable bonds is 8. The van der Waals surface area contributed by atoms with Crippen LogP contribution < -0.4 is 10.2 Å². The molecule has 5 nitrogen and oxygen atoms in total. The van der Waals surface area contributed by atoms with Crippen molar-refractivity contribution >= 4 is 5.91 Å². The Kier molecular flexibility index (Phi) is 11.1. The maximum Gasteiger partial charge on any atom is 0.243 e. The molecule has 0 saturated carbocycles. The molecule has 1 rings (SSSR count). The quantitative estimate of drug-likeness (QED) is 0.390. The third-order valence-corrected chi connectivity index (χ3v) is 3.43. The summed E-state index contributed by atoms with van der Waals surface area (Å²) in [6.45, 7) is 5.99. The zero-order valence-electron chi connectivity index (χ0n) is 14.0. The van der Waals surface area contributed by atoms with E-state index in [0.29, 0.717) is 12.8 Å². The number of hydrogen-bond donors (Lipinski definition) is 3. The number of benzene rings is 1. The second kappa shape index (κ2) is 12.0. The van der Waals surface area contributed by atoms with Gasteiger partial charge in [0.15, 0.2) is 0 Å². The summed E-state index contributed by atoms with van der Waals surface area (Å²) >= 11 is 0. The lowest BCUT2D eigenvalue weighted by Gasteiger charge is -2.19. The van der Waals surface area contributed by atoms with Crippen molar-refractivity contribution in [2.24, 2.45) is 5.92 Å². The van der Waals surface area contributed by atoms with Gasteiger partial charge in [0.1, 0.15) is 5.75 Å². The Hall–Kier alpha value is -1.59. The zero-order valence-corrected chi connectivity index (χ0v) is 14.0. The first-order valence-corrected chi connectivity index (χ1v) is 7.83. The van der Waals surface area contributed by atoms with Gasteiger partial charge in [-0.3, -0.25) is 10.0 Å². The summed E-state index contributed by atoms with van der Waals surface area (Å²) in [5.74, 6) is 0.512. The third kappa shape index (κ3) is 7.43. The standard InChI is InChI=1S/C15H23NO4.C2H6/c1-11(5-3-4-6-14(17)16-19)15(18)12-7-9-13(20-2)10-8-12;1-2/h7-11,15,18-19H,3-6H2,1-2H3,(H,16,17);1-2H3. The summed E-state index contributed by atoms with van der Waals surface area (Å²) in [5.41, 5.74) is 2.48. The van der Waals surface area contributed by atoms with Crippen LogP contribution in [0, 0.1) is 5.92 Å². The fourth-order valence-electron chi connectivity index (χ4n) is 2.10. The summed E-state index contributed by atoms with van der Waals surface area (Å²) in [4.78, 5) is 10.8. The minimum atomic E-state index is -0.521. The number of nitrogens with one attached hydrogen (secondary N) is 1. The van der Waals surface area contributed by atoms with Crippen LogP contribution >= 0.6 is 0 Å². The maximum absolute atomic E-state index is 10.8. The number of ether oxygens (including phenoxy) is 1. The zero-order chi connectivity index (χ0) is 17.0. The van der Waals surface area contributed by atoms with Crippen LogP contribution in [-0.2, 0) is 4.79 Å². The topological polar surface area (TPSA) is 78.8 Å². The van der Waals surface area contributed by atoms with Gasteiger partial charge in [-0.1, -0.05) is 39.3 Å². The number of unbranched alkanes of at least 4 members (excludes halogenated alkanes) is 1. The summed E-state index contributed by atoms with van der Waals surface area (Å²) < 4.78 is 5.08. The number of methoxy groups -OCH3 is 1. The first-order chi connectivity index (χ1) is 10.6. The number of carbonyl (C=O) groups is 1. The smallest absolute Gasteiger partial charge is 0.243 e. The monoisotopic (exact) mass is 311 g/mol. The van der Waals surface area contributed by atoms with Gasteiger partial charge in [-0.2, -0.15) is 0 Å². The highest BCUT2D eigenvalue weighted by atomic mass is 16.5. The predicted molar refractivity (Wildman–Crippen MR) is 86.9 cm³/mol. The molecule has 2 atom stereocenters. The molecule has 2 unspecified atom stereocenters. The third-order valence-electron chi connectivity index (χ3n) is 3.43. The van der Waals surface area contributed by atoms with Crippen LogP contribution in [-0.4, -0.2) is 23.3 Å². The molecular weight excluding hydrogens is 282 g/mol. The Balaban J connectivity index is 0.00000211. The van der Waals surface area contributed by atoms with Gasteiger partial charge in [0.05, 0.1) is 13.2 Å². The van der Waals surface area contributed by atoms with Crippen LogP contribution in [0.2, 0.25) is 0 Å². The van der Waals surface area contributed by atoms with Crippen LogP contribution in [0.1, 0.15) is 58.1 Å². The van der Waals surface area contributed by atoms with Crippen molar-refractivity contribution in [2.75, 3.05) is 7.11 Å². The molecule has 0 heterocycles. The molecule has 5 heteroatoms. The van der Waals surface area contributed by atoms with Gasteiger partial charge in [-0.25, -0.2) is 5.48 Å². The van der Waals surface area contributed by atoms with Crippen molar-refractivity contribution in [3.8, 4) is 5.75 Å². The first-order valence-electron chi connectivity index (χ1n) is 7.83. The van der Waals surface area contributed by atoms with Gasteiger partial charge in [-0.05, 0) is 36.5 Å². The molecule has 1 aromatic carbocycles. The summed E-state index contributed by atoms with van der Waals surface area (Å²) in [7, 11) is 1.61. The van der Waals surface area contributed by atoms with E-state index in [1.54, 1.807) is 12.6 Å². The van der Waals surface area contributed by atoms with Crippen molar-refractivity contribution in [1.82, 2.24) is 5.48 Å². The maximum atomic E-state index is 10.8. The SMILES string of the molecule is CC.COc1ccc(C(O)C(C)CCCCC(=O)NO)cc1. The molecule has 0 bridgehead atoms. The molecule has 0 aromatic heterocycles. The van der Waals surface area contributed by atoms with E-state index in [2.05, 4.69) is 0 Å². The van der Waals surface area contributed by atoms with Crippen molar-refractivity contribution in [1.29, 1.82) is 0 Å². The number of hydrogen-bond acceptors (Lipinski definition) is 4. The highest BCUT2D eigenvalue weighted by Gasteiger charge is 2.16. The predicted octanol–water partition coefficient (Wildman–Crippen LogP) is 3.46. The van der Waals surface area contributed by atoms with E-state index in [0.717, 1.165) is 24.2 Å². The van der Waals surface area contributed by atoms with Crippen molar-refractivity contribution in [3.63, 3.8) is 0 Å². The van der Waals surface area contributed by atoms with E-state index >= 15 is 0 Å². The van der Waals surface area contributed by atoms with Crippen molar-refractivity contribution in [3.05, 3.63) is 29.8 Å².